The Bertz CT molecular complexity index is 517. The molecule has 4 N–H and O–H groups in total. The van der Waals surface area contributed by atoms with Crippen LogP contribution in [0.2, 0.25) is 0 Å². The number of anilines is 2. The van der Waals surface area contributed by atoms with Crippen LogP contribution in [0.4, 0.5) is 11.6 Å². The van der Waals surface area contributed by atoms with Crippen molar-refractivity contribution in [3.8, 4) is 0 Å². The summed E-state index contributed by atoms with van der Waals surface area (Å²) in [7, 11) is 0. The summed E-state index contributed by atoms with van der Waals surface area (Å²) in [5, 5.41) is 4.30. The number of aryl methyl sites for hydroxylation is 2. The lowest BCUT2D eigenvalue weighted by Gasteiger charge is -2.07. The van der Waals surface area contributed by atoms with E-state index in [1.54, 1.807) is 17.4 Å². The maximum absolute atomic E-state index is 5.39. The first-order chi connectivity index (χ1) is 9.25. The van der Waals surface area contributed by atoms with Gasteiger partial charge in [0.25, 0.3) is 0 Å². The van der Waals surface area contributed by atoms with Gasteiger partial charge in [-0.2, -0.15) is 0 Å². The Morgan fingerprint density at radius 1 is 1.21 bits per heavy atom. The maximum atomic E-state index is 5.39. The van der Waals surface area contributed by atoms with Crippen molar-refractivity contribution in [1.29, 1.82) is 0 Å². The summed E-state index contributed by atoms with van der Waals surface area (Å²) in [6, 6.07) is 1.79. The van der Waals surface area contributed by atoms with Gasteiger partial charge >= 0.3 is 0 Å². The van der Waals surface area contributed by atoms with Crippen molar-refractivity contribution in [2.75, 3.05) is 10.7 Å². The van der Waals surface area contributed by atoms with Gasteiger partial charge in [0.1, 0.15) is 22.5 Å². The first kappa shape index (κ1) is 13.7. The van der Waals surface area contributed by atoms with Crippen LogP contribution in [0.15, 0.2) is 12.3 Å². The van der Waals surface area contributed by atoms with Crippen molar-refractivity contribution in [2.45, 2.75) is 33.2 Å². The summed E-state index contributed by atoms with van der Waals surface area (Å²) in [5.74, 6) is 7.52. The molecule has 0 atom stereocenters. The number of hydrogen-bond donors (Lipinski definition) is 3. The van der Waals surface area contributed by atoms with Gasteiger partial charge in [-0.25, -0.2) is 20.8 Å². The largest absolute Gasteiger partial charge is 0.363 e. The molecule has 2 rings (SSSR count). The van der Waals surface area contributed by atoms with E-state index in [0.29, 0.717) is 12.4 Å². The van der Waals surface area contributed by atoms with Crippen molar-refractivity contribution < 1.29 is 0 Å². The van der Waals surface area contributed by atoms with E-state index >= 15 is 0 Å². The molecule has 6 nitrogen and oxygen atoms in total. The molecule has 2 aromatic heterocycles. The van der Waals surface area contributed by atoms with Crippen LogP contribution in [0.1, 0.15) is 29.6 Å². The Morgan fingerprint density at radius 3 is 2.63 bits per heavy atom. The molecule has 0 bridgehead atoms. The molecule has 0 saturated heterocycles. The van der Waals surface area contributed by atoms with Crippen LogP contribution in [0.25, 0.3) is 0 Å². The van der Waals surface area contributed by atoms with Crippen molar-refractivity contribution in [3.05, 3.63) is 28.0 Å². The van der Waals surface area contributed by atoms with Gasteiger partial charge in [-0.15, -0.1) is 11.3 Å². The maximum Gasteiger partial charge on any atom is 0.145 e. The zero-order valence-corrected chi connectivity index (χ0v) is 11.9. The molecule has 0 saturated carbocycles. The van der Waals surface area contributed by atoms with Gasteiger partial charge in [0.05, 0.1) is 6.54 Å². The third-order valence-corrected chi connectivity index (χ3v) is 3.75. The minimum absolute atomic E-state index is 0.614. The summed E-state index contributed by atoms with van der Waals surface area (Å²) >= 11 is 1.71. The van der Waals surface area contributed by atoms with Crippen molar-refractivity contribution in [1.82, 2.24) is 15.0 Å². The van der Waals surface area contributed by atoms with E-state index in [1.165, 1.54) is 4.88 Å². The monoisotopic (exact) mass is 278 g/mol. The Hall–Kier alpha value is -1.73. The average molecular weight is 278 g/mol. The minimum Gasteiger partial charge on any atom is -0.363 e. The standard InChI is InChI=1S/C12H18N6S/c1-3-8-6-15-12(19-8)7-14-10-5-11(18-13)17-9(4-2)16-10/h5-6H,3-4,7,13H2,1-2H3,(H2,14,16,17,18). The summed E-state index contributed by atoms with van der Waals surface area (Å²) in [6.45, 7) is 4.80. The van der Waals surface area contributed by atoms with Crippen molar-refractivity contribution in [3.63, 3.8) is 0 Å². The van der Waals surface area contributed by atoms with E-state index in [2.05, 4.69) is 32.6 Å². The fourth-order valence-corrected chi connectivity index (χ4v) is 2.38. The molecule has 2 heterocycles. The van der Waals surface area contributed by atoms with E-state index in [0.717, 1.165) is 29.5 Å². The molecule has 0 amide bonds. The third kappa shape index (κ3) is 3.62. The molecule has 19 heavy (non-hydrogen) atoms. The average Bonchev–Trinajstić information content (AvgIpc) is 2.92. The molecule has 0 unspecified atom stereocenters. The van der Waals surface area contributed by atoms with Gasteiger partial charge in [0.2, 0.25) is 0 Å². The van der Waals surface area contributed by atoms with Gasteiger partial charge in [-0.3, -0.25) is 0 Å². The van der Waals surface area contributed by atoms with Crippen LogP contribution in [0.3, 0.4) is 0 Å². The first-order valence-electron chi connectivity index (χ1n) is 6.27. The number of nitrogens with zero attached hydrogens (tertiary/aromatic N) is 3. The van der Waals surface area contributed by atoms with Gasteiger partial charge in [-0.1, -0.05) is 13.8 Å². The number of thiazole rings is 1. The number of nitrogens with two attached hydrogens (primary N) is 1. The fraction of sp³-hybridized carbons (Fsp3) is 0.417. The molecule has 0 spiro atoms. The van der Waals surface area contributed by atoms with E-state index < -0.39 is 0 Å². The van der Waals surface area contributed by atoms with Crippen LogP contribution in [0, 0.1) is 0 Å². The zero-order chi connectivity index (χ0) is 13.7. The first-order valence-corrected chi connectivity index (χ1v) is 7.08. The number of hydrazine groups is 1. The molecule has 2 aromatic rings. The number of aromatic nitrogens is 3. The molecule has 102 valence electrons. The highest BCUT2D eigenvalue weighted by atomic mass is 32.1. The van der Waals surface area contributed by atoms with E-state index in [4.69, 9.17) is 5.84 Å². The number of nitrogens with one attached hydrogen (secondary N) is 2. The molecular weight excluding hydrogens is 260 g/mol. The summed E-state index contributed by atoms with van der Waals surface area (Å²) in [4.78, 5) is 14.3. The number of rotatable bonds is 6. The topological polar surface area (TPSA) is 88.8 Å². The van der Waals surface area contributed by atoms with Crippen molar-refractivity contribution in [2.24, 2.45) is 5.84 Å². The van der Waals surface area contributed by atoms with Crippen LogP contribution >= 0.6 is 11.3 Å². The molecule has 0 aromatic carbocycles. The second-order valence-electron chi connectivity index (χ2n) is 3.98. The number of hydrogen-bond acceptors (Lipinski definition) is 7. The quantitative estimate of drug-likeness (QED) is 0.553. The summed E-state index contributed by atoms with van der Waals surface area (Å²) in [5.41, 5.74) is 2.55. The van der Waals surface area contributed by atoms with Crippen LogP contribution < -0.4 is 16.6 Å². The fourth-order valence-electron chi connectivity index (χ4n) is 1.58. The highest BCUT2D eigenvalue weighted by molar-refractivity contribution is 7.11. The molecular formula is C12H18N6S. The highest BCUT2D eigenvalue weighted by Gasteiger charge is 2.04. The molecule has 0 radical (unpaired) electrons. The second-order valence-corrected chi connectivity index (χ2v) is 5.18. The van der Waals surface area contributed by atoms with Crippen molar-refractivity contribution >= 4 is 23.0 Å². The van der Waals surface area contributed by atoms with Gasteiger partial charge in [0, 0.05) is 23.6 Å². The lowest BCUT2D eigenvalue weighted by molar-refractivity contribution is 0.930. The molecule has 0 aliphatic heterocycles. The second kappa shape index (κ2) is 6.44. The smallest absolute Gasteiger partial charge is 0.145 e. The Labute approximate surface area is 116 Å². The van der Waals surface area contributed by atoms with Gasteiger partial charge in [-0.05, 0) is 6.42 Å². The number of nitrogen functional groups attached to an aromatic ring is 1. The lowest BCUT2D eigenvalue weighted by Crippen LogP contribution is -2.12. The molecule has 7 heteroatoms. The van der Waals surface area contributed by atoms with Gasteiger partial charge in [0.15, 0.2) is 0 Å². The minimum atomic E-state index is 0.614. The Morgan fingerprint density at radius 2 is 2.00 bits per heavy atom. The normalized spacial score (nSPS) is 10.5. The van der Waals surface area contributed by atoms with E-state index in [9.17, 15) is 0 Å². The molecule has 0 fully saturated rings. The summed E-state index contributed by atoms with van der Waals surface area (Å²) < 4.78 is 0. The van der Waals surface area contributed by atoms with Gasteiger partial charge < -0.3 is 10.7 Å². The van der Waals surface area contributed by atoms with Crippen LogP contribution in [-0.4, -0.2) is 15.0 Å². The predicted octanol–water partition coefficient (Wildman–Crippen LogP) is 1.96. The molecule has 0 aliphatic carbocycles. The Balaban J connectivity index is 2.05. The Kier molecular flexibility index (Phi) is 4.64. The van der Waals surface area contributed by atoms with E-state index in [1.807, 2.05) is 13.1 Å². The van der Waals surface area contributed by atoms with Crippen LogP contribution in [0.5, 0.6) is 0 Å². The zero-order valence-electron chi connectivity index (χ0n) is 11.1. The summed E-state index contributed by atoms with van der Waals surface area (Å²) in [6.07, 6.45) is 3.71. The van der Waals surface area contributed by atoms with Crippen LogP contribution in [-0.2, 0) is 19.4 Å². The predicted molar refractivity (Wildman–Crippen MR) is 78.0 cm³/mol. The lowest BCUT2D eigenvalue weighted by atomic mass is 10.4. The highest BCUT2D eigenvalue weighted by Crippen LogP contribution is 2.16. The molecule has 0 aliphatic rings. The van der Waals surface area contributed by atoms with E-state index in [-0.39, 0.29) is 0 Å². The SMILES string of the molecule is CCc1nc(NN)cc(NCc2ncc(CC)s2)n1. The third-order valence-electron chi connectivity index (χ3n) is 2.61.